The van der Waals surface area contributed by atoms with Gasteiger partial charge in [0.15, 0.2) is 5.78 Å². The number of ketones is 1. The summed E-state index contributed by atoms with van der Waals surface area (Å²) in [4.78, 5) is 39.6. The van der Waals surface area contributed by atoms with Crippen molar-refractivity contribution in [3.8, 4) is 0 Å². The van der Waals surface area contributed by atoms with Gasteiger partial charge in [-0.2, -0.15) is 0 Å². The maximum Gasteiger partial charge on any atom is 0.332 e. The molecular weight excluding hydrogens is 344 g/mol. The van der Waals surface area contributed by atoms with Crippen molar-refractivity contribution < 1.29 is 4.79 Å². The minimum Gasteiger partial charge on any atom is -0.384 e. The summed E-state index contributed by atoms with van der Waals surface area (Å²) in [5.41, 5.74) is 5.76. The van der Waals surface area contributed by atoms with Gasteiger partial charge in [-0.1, -0.05) is 30.3 Å². The molecule has 0 amide bonds. The molecule has 144 valence electrons. The van der Waals surface area contributed by atoms with E-state index in [-0.39, 0.29) is 29.8 Å². The number of Topliss-reactive ketones (excluding diaryl/α,β-unsaturated/α-hetero) is 1. The Kier molecular flexibility index (Phi) is 5.32. The zero-order valence-electron chi connectivity index (χ0n) is 16.0. The molecule has 1 aliphatic carbocycles. The number of hydrogen-bond donors (Lipinski definition) is 1. The number of nitrogens with zero attached hydrogens (tertiary/aromatic N) is 3. The van der Waals surface area contributed by atoms with Gasteiger partial charge in [0.25, 0.3) is 5.56 Å². The molecule has 3 rings (SSSR count). The quantitative estimate of drug-likeness (QED) is 0.739. The highest BCUT2D eigenvalue weighted by atomic mass is 16.2. The predicted molar refractivity (Wildman–Crippen MR) is 105 cm³/mol. The fraction of sp³-hybridized carbons (Fsp3) is 0.450. The summed E-state index contributed by atoms with van der Waals surface area (Å²) in [5.74, 6) is 0.140. The average Bonchev–Trinajstić information content (AvgIpc) is 3.50. The molecule has 0 radical (unpaired) electrons. The Bertz CT molecular complexity index is 958. The summed E-state index contributed by atoms with van der Waals surface area (Å²) in [7, 11) is 2.82. The van der Waals surface area contributed by atoms with Crippen molar-refractivity contribution in [2.24, 2.45) is 20.0 Å². The minimum atomic E-state index is -0.640. The summed E-state index contributed by atoms with van der Waals surface area (Å²) in [6, 6.07) is 10.2. The fourth-order valence-electron chi connectivity index (χ4n) is 3.42. The van der Waals surface area contributed by atoms with E-state index in [9.17, 15) is 14.4 Å². The van der Waals surface area contributed by atoms with Crippen LogP contribution < -0.4 is 17.0 Å². The summed E-state index contributed by atoms with van der Waals surface area (Å²) in [6.45, 7) is 2.83. The van der Waals surface area contributed by atoms with Gasteiger partial charge in [0.05, 0.1) is 6.54 Å². The molecule has 7 nitrogen and oxygen atoms in total. The molecule has 0 aliphatic heterocycles. The van der Waals surface area contributed by atoms with E-state index in [1.54, 1.807) is 0 Å². The molecule has 1 aliphatic rings. The molecule has 1 atom stereocenters. The first-order chi connectivity index (χ1) is 12.8. The summed E-state index contributed by atoms with van der Waals surface area (Å²) >= 11 is 0. The van der Waals surface area contributed by atoms with Gasteiger partial charge in [0.2, 0.25) is 0 Å². The van der Waals surface area contributed by atoms with Crippen LogP contribution in [0.4, 0.5) is 5.82 Å². The molecule has 0 unspecified atom stereocenters. The van der Waals surface area contributed by atoms with E-state index in [0.717, 1.165) is 27.5 Å². The molecule has 1 saturated carbocycles. The molecule has 1 fully saturated rings. The summed E-state index contributed by atoms with van der Waals surface area (Å²) < 4.78 is 2.07. The molecule has 27 heavy (non-hydrogen) atoms. The van der Waals surface area contributed by atoms with Crippen LogP contribution in [0.3, 0.4) is 0 Å². The van der Waals surface area contributed by atoms with E-state index in [4.69, 9.17) is 5.73 Å². The van der Waals surface area contributed by atoms with Crippen molar-refractivity contribution in [3.63, 3.8) is 0 Å². The van der Waals surface area contributed by atoms with Gasteiger partial charge in [-0.05, 0) is 31.2 Å². The van der Waals surface area contributed by atoms with Gasteiger partial charge in [0, 0.05) is 26.7 Å². The van der Waals surface area contributed by atoms with Crippen LogP contribution in [0.5, 0.6) is 0 Å². The lowest BCUT2D eigenvalue weighted by molar-refractivity contribution is 0.0874. The highest BCUT2D eigenvalue weighted by Gasteiger charge is 2.33. The molecule has 0 bridgehead atoms. The van der Waals surface area contributed by atoms with Crippen LogP contribution in [0.2, 0.25) is 0 Å². The first kappa shape index (κ1) is 19.1. The SMILES string of the molecule is C[C@H](C1CC1)N(CC(=O)c1c(N)n(C)c(=O)n(C)c1=O)Cc1ccccc1. The van der Waals surface area contributed by atoms with Crippen LogP contribution in [0.1, 0.15) is 35.7 Å². The predicted octanol–water partition coefficient (Wildman–Crippen LogP) is 1.15. The highest BCUT2D eigenvalue weighted by molar-refractivity contribution is 6.01. The molecule has 1 aromatic heterocycles. The Morgan fingerprint density at radius 3 is 2.41 bits per heavy atom. The standard InChI is InChI=1S/C20H26N4O3/c1-13(15-9-10-15)24(11-14-7-5-4-6-8-14)12-16(25)17-18(21)22(2)20(27)23(3)19(17)26/h4-8,13,15H,9-12,21H2,1-3H3/t13-/m1/s1. The van der Waals surface area contributed by atoms with E-state index < -0.39 is 11.2 Å². The minimum absolute atomic E-state index is 0.0770. The van der Waals surface area contributed by atoms with Crippen molar-refractivity contribution >= 4 is 11.6 Å². The largest absolute Gasteiger partial charge is 0.384 e. The highest BCUT2D eigenvalue weighted by Crippen LogP contribution is 2.35. The van der Waals surface area contributed by atoms with E-state index in [0.29, 0.717) is 12.5 Å². The van der Waals surface area contributed by atoms with Gasteiger partial charge < -0.3 is 5.73 Å². The van der Waals surface area contributed by atoms with Gasteiger partial charge in [-0.3, -0.25) is 23.6 Å². The van der Waals surface area contributed by atoms with Crippen molar-refractivity contribution in [1.82, 2.24) is 14.0 Å². The van der Waals surface area contributed by atoms with Gasteiger partial charge in [-0.15, -0.1) is 0 Å². The molecular formula is C20H26N4O3. The Hall–Kier alpha value is -2.67. The maximum atomic E-state index is 13.0. The number of aromatic nitrogens is 2. The van der Waals surface area contributed by atoms with E-state index in [1.807, 2.05) is 30.3 Å². The number of nitrogens with two attached hydrogens (primary N) is 1. The zero-order chi connectivity index (χ0) is 19.7. The van der Waals surface area contributed by atoms with Crippen LogP contribution in [0.25, 0.3) is 0 Å². The average molecular weight is 370 g/mol. The van der Waals surface area contributed by atoms with Crippen molar-refractivity contribution in [2.75, 3.05) is 12.3 Å². The van der Waals surface area contributed by atoms with Crippen LogP contribution in [-0.2, 0) is 20.6 Å². The number of carbonyl (C=O) groups is 1. The third kappa shape index (κ3) is 3.88. The maximum absolute atomic E-state index is 13.0. The van der Waals surface area contributed by atoms with Crippen molar-refractivity contribution in [3.05, 3.63) is 62.3 Å². The molecule has 2 aromatic rings. The first-order valence-electron chi connectivity index (χ1n) is 9.18. The Morgan fingerprint density at radius 2 is 1.81 bits per heavy atom. The number of anilines is 1. The monoisotopic (exact) mass is 370 g/mol. The van der Waals surface area contributed by atoms with E-state index in [2.05, 4.69) is 11.8 Å². The molecule has 1 aromatic carbocycles. The summed E-state index contributed by atoms with van der Waals surface area (Å²) in [6.07, 6.45) is 2.31. The molecule has 0 spiro atoms. The van der Waals surface area contributed by atoms with Crippen LogP contribution >= 0.6 is 0 Å². The van der Waals surface area contributed by atoms with Gasteiger partial charge in [0.1, 0.15) is 11.4 Å². The molecule has 0 saturated heterocycles. The number of hydrogen-bond acceptors (Lipinski definition) is 5. The Balaban J connectivity index is 1.91. The molecule has 1 heterocycles. The number of nitrogen functional groups attached to an aromatic ring is 1. The molecule has 2 N–H and O–H groups in total. The molecule has 7 heteroatoms. The van der Waals surface area contributed by atoms with Gasteiger partial charge in [-0.25, -0.2) is 4.79 Å². The lowest BCUT2D eigenvalue weighted by atomic mass is 10.1. The van der Waals surface area contributed by atoms with Crippen LogP contribution in [0.15, 0.2) is 39.9 Å². The third-order valence-corrected chi connectivity index (χ3v) is 5.44. The number of rotatable bonds is 7. The lowest BCUT2D eigenvalue weighted by Gasteiger charge is -2.29. The van der Waals surface area contributed by atoms with Crippen molar-refractivity contribution in [1.29, 1.82) is 0 Å². The van der Waals surface area contributed by atoms with Crippen LogP contribution in [-0.4, -0.2) is 32.4 Å². The summed E-state index contributed by atoms with van der Waals surface area (Å²) in [5, 5.41) is 0. The van der Waals surface area contributed by atoms with Crippen LogP contribution in [0, 0.1) is 5.92 Å². The Labute approximate surface area is 158 Å². The zero-order valence-corrected chi connectivity index (χ0v) is 16.0. The van der Waals surface area contributed by atoms with E-state index >= 15 is 0 Å². The second-order valence-electron chi connectivity index (χ2n) is 7.36. The van der Waals surface area contributed by atoms with Gasteiger partial charge >= 0.3 is 5.69 Å². The second kappa shape index (κ2) is 7.52. The number of carbonyl (C=O) groups excluding carboxylic acids is 1. The fourth-order valence-corrected chi connectivity index (χ4v) is 3.42. The Morgan fingerprint density at radius 1 is 1.19 bits per heavy atom. The topological polar surface area (TPSA) is 90.3 Å². The smallest absolute Gasteiger partial charge is 0.332 e. The third-order valence-electron chi connectivity index (χ3n) is 5.44. The second-order valence-corrected chi connectivity index (χ2v) is 7.36. The van der Waals surface area contributed by atoms with E-state index in [1.165, 1.54) is 14.1 Å². The lowest BCUT2D eigenvalue weighted by Crippen LogP contribution is -2.44. The first-order valence-corrected chi connectivity index (χ1v) is 9.18. The number of benzene rings is 1. The normalized spacial score (nSPS) is 15.1. The van der Waals surface area contributed by atoms with Crippen molar-refractivity contribution in [2.45, 2.75) is 32.4 Å².